The first-order chi connectivity index (χ1) is 12.9. The summed E-state index contributed by atoms with van der Waals surface area (Å²) in [6.07, 6.45) is 1.97. The highest BCUT2D eigenvalue weighted by Crippen LogP contribution is 2.64. The van der Waals surface area contributed by atoms with E-state index in [2.05, 4.69) is 21.2 Å². The zero-order chi connectivity index (χ0) is 20.9. The average molecular weight is 471 g/mol. The van der Waals surface area contributed by atoms with Gasteiger partial charge in [0.1, 0.15) is 5.78 Å². The summed E-state index contributed by atoms with van der Waals surface area (Å²) >= 11 is 3.37. The molecule has 2 unspecified atom stereocenters. The standard InChI is InChI=1S/C20H27BrN2O4S/c1-13-9-15(21)5-6-16(13)22-18(25)11-23(4)28(26,27)12-20-8-7-14(10-17(20)24)19(20,2)3/h5-6,9,14H,7-8,10-12H2,1-4H3,(H,22,25). The summed E-state index contributed by atoms with van der Waals surface area (Å²) in [5.41, 5.74) is 0.365. The quantitative estimate of drug-likeness (QED) is 0.690. The highest BCUT2D eigenvalue weighted by atomic mass is 79.9. The number of halogens is 1. The number of nitrogens with zero attached hydrogens (tertiary/aromatic N) is 1. The Bertz CT molecular complexity index is 928. The van der Waals surface area contributed by atoms with Gasteiger partial charge in [0, 0.05) is 29.0 Å². The minimum Gasteiger partial charge on any atom is -0.325 e. The van der Waals surface area contributed by atoms with E-state index in [1.54, 1.807) is 6.07 Å². The molecular formula is C20H27BrN2O4S. The highest BCUT2D eigenvalue weighted by Gasteiger charge is 2.65. The van der Waals surface area contributed by atoms with Gasteiger partial charge in [-0.3, -0.25) is 9.59 Å². The van der Waals surface area contributed by atoms with Crippen molar-refractivity contribution in [2.45, 2.75) is 40.0 Å². The molecule has 2 bridgehead atoms. The molecule has 2 atom stereocenters. The van der Waals surface area contributed by atoms with Crippen molar-refractivity contribution in [3.05, 3.63) is 28.2 Å². The lowest BCUT2D eigenvalue weighted by atomic mass is 9.70. The number of aryl methyl sites for hydroxylation is 1. The normalized spacial score (nSPS) is 26.1. The van der Waals surface area contributed by atoms with Gasteiger partial charge in [-0.25, -0.2) is 8.42 Å². The minimum absolute atomic E-state index is 0.0562. The molecule has 28 heavy (non-hydrogen) atoms. The summed E-state index contributed by atoms with van der Waals surface area (Å²) in [5, 5.41) is 2.76. The molecule has 1 amide bonds. The summed E-state index contributed by atoms with van der Waals surface area (Å²) in [4.78, 5) is 25.0. The molecule has 0 radical (unpaired) electrons. The Morgan fingerprint density at radius 2 is 2.04 bits per heavy atom. The monoisotopic (exact) mass is 470 g/mol. The van der Waals surface area contributed by atoms with Crippen LogP contribution in [0.25, 0.3) is 0 Å². The predicted molar refractivity (Wildman–Crippen MR) is 112 cm³/mol. The number of carbonyl (C=O) groups is 2. The van der Waals surface area contributed by atoms with Crippen LogP contribution < -0.4 is 5.32 Å². The molecule has 0 aromatic heterocycles. The van der Waals surface area contributed by atoms with Crippen LogP contribution in [0.3, 0.4) is 0 Å². The number of hydrogen-bond acceptors (Lipinski definition) is 4. The van der Waals surface area contributed by atoms with Crippen molar-refractivity contribution in [2.75, 3.05) is 24.7 Å². The second kappa shape index (κ2) is 7.22. The van der Waals surface area contributed by atoms with Crippen LogP contribution in [0.5, 0.6) is 0 Å². The van der Waals surface area contributed by atoms with Crippen molar-refractivity contribution in [1.29, 1.82) is 0 Å². The third-order valence-corrected chi connectivity index (χ3v) is 9.30. The number of carbonyl (C=O) groups excluding carboxylic acids is 2. The fraction of sp³-hybridized carbons (Fsp3) is 0.600. The zero-order valence-corrected chi connectivity index (χ0v) is 19.1. The fourth-order valence-electron chi connectivity index (χ4n) is 4.79. The van der Waals surface area contributed by atoms with Gasteiger partial charge < -0.3 is 5.32 Å². The molecule has 2 aliphatic rings. The van der Waals surface area contributed by atoms with Gasteiger partial charge in [0.05, 0.1) is 12.3 Å². The second-order valence-corrected chi connectivity index (χ2v) is 11.7. The van der Waals surface area contributed by atoms with Crippen LogP contribution in [0.15, 0.2) is 22.7 Å². The maximum atomic E-state index is 13.0. The van der Waals surface area contributed by atoms with Crippen LogP contribution in [-0.4, -0.2) is 43.8 Å². The van der Waals surface area contributed by atoms with Gasteiger partial charge in [-0.2, -0.15) is 4.31 Å². The van der Waals surface area contributed by atoms with Crippen molar-refractivity contribution in [3.63, 3.8) is 0 Å². The van der Waals surface area contributed by atoms with E-state index >= 15 is 0 Å². The van der Waals surface area contributed by atoms with Gasteiger partial charge in [-0.15, -0.1) is 0 Å². The van der Waals surface area contributed by atoms with Crippen LogP contribution in [0.2, 0.25) is 0 Å². The van der Waals surface area contributed by atoms with E-state index in [9.17, 15) is 18.0 Å². The summed E-state index contributed by atoms with van der Waals surface area (Å²) in [5.74, 6) is -0.316. The third kappa shape index (κ3) is 3.55. The molecule has 0 spiro atoms. The maximum Gasteiger partial charge on any atom is 0.239 e. The molecule has 2 aliphatic carbocycles. The molecular weight excluding hydrogens is 444 g/mol. The first-order valence-corrected chi connectivity index (χ1v) is 11.8. The number of likely N-dealkylation sites (N-methyl/N-ethyl adjacent to an activating group) is 1. The van der Waals surface area contributed by atoms with Gasteiger partial charge in [0.25, 0.3) is 0 Å². The number of Topliss-reactive ketones (excluding diaryl/α,β-unsaturated/α-hetero) is 1. The molecule has 3 rings (SSSR count). The van der Waals surface area contributed by atoms with Crippen molar-refractivity contribution in [2.24, 2.45) is 16.7 Å². The number of nitrogens with one attached hydrogen (secondary N) is 1. The molecule has 1 aromatic carbocycles. The van der Waals surface area contributed by atoms with E-state index in [-0.39, 0.29) is 29.4 Å². The number of rotatable bonds is 6. The molecule has 1 aromatic rings. The summed E-state index contributed by atoms with van der Waals surface area (Å²) < 4.78 is 28.0. The van der Waals surface area contributed by atoms with E-state index in [1.165, 1.54) is 7.05 Å². The number of ketones is 1. The summed E-state index contributed by atoms with van der Waals surface area (Å²) in [7, 11) is -2.35. The number of sulfonamides is 1. The molecule has 2 saturated carbocycles. The number of anilines is 1. The molecule has 0 heterocycles. The zero-order valence-electron chi connectivity index (χ0n) is 16.7. The van der Waals surface area contributed by atoms with Gasteiger partial charge in [0.15, 0.2) is 0 Å². The average Bonchev–Trinajstić information content (AvgIpc) is 2.91. The van der Waals surface area contributed by atoms with Crippen LogP contribution in [0.4, 0.5) is 5.69 Å². The second-order valence-electron chi connectivity index (χ2n) is 8.69. The first-order valence-electron chi connectivity index (χ1n) is 9.42. The number of amides is 1. The van der Waals surface area contributed by atoms with Crippen LogP contribution in [0.1, 0.15) is 38.7 Å². The van der Waals surface area contributed by atoms with Crippen LogP contribution in [-0.2, 0) is 19.6 Å². The van der Waals surface area contributed by atoms with Gasteiger partial charge >= 0.3 is 0 Å². The lowest BCUT2D eigenvalue weighted by Gasteiger charge is -2.37. The maximum absolute atomic E-state index is 13.0. The van der Waals surface area contributed by atoms with Gasteiger partial charge in [-0.1, -0.05) is 29.8 Å². The van der Waals surface area contributed by atoms with Crippen molar-refractivity contribution >= 4 is 43.3 Å². The van der Waals surface area contributed by atoms with Crippen molar-refractivity contribution < 1.29 is 18.0 Å². The van der Waals surface area contributed by atoms with E-state index in [1.807, 2.05) is 32.9 Å². The van der Waals surface area contributed by atoms with E-state index in [0.29, 0.717) is 18.5 Å². The summed E-state index contributed by atoms with van der Waals surface area (Å²) in [6.45, 7) is 5.60. The Morgan fingerprint density at radius 1 is 1.36 bits per heavy atom. The molecule has 8 heteroatoms. The minimum atomic E-state index is -3.75. The van der Waals surface area contributed by atoms with Gasteiger partial charge in [-0.05, 0) is 54.9 Å². The number of fused-ring (bicyclic) bond motifs is 2. The Hall–Kier alpha value is -1.25. The predicted octanol–water partition coefficient (Wildman–Crippen LogP) is 3.35. The molecule has 0 saturated heterocycles. The van der Waals surface area contributed by atoms with E-state index in [4.69, 9.17) is 0 Å². The largest absolute Gasteiger partial charge is 0.325 e. The Labute approximate surface area is 175 Å². The van der Waals surface area contributed by atoms with Crippen molar-refractivity contribution in [3.8, 4) is 0 Å². The van der Waals surface area contributed by atoms with Crippen LogP contribution >= 0.6 is 15.9 Å². The molecule has 2 fully saturated rings. The number of hydrogen-bond donors (Lipinski definition) is 1. The topological polar surface area (TPSA) is 83.6 Å². The SMILES string of the molecule is Cc1cc(Br)ccc1NC(=O)CN(C)S(=O)(=O)CC12CCC(CC1=O)C2(C)C. The first kappa shape index (κ1) is 21.5. The highest BCUT2D eigenvalue weighted by molar-refractivity contribution is 9.10. The Balaban J connectivity index is 1.70. The lowest BCUT2D eigenvalue weighted by molar-refractivity contribution is -0.128. The Kier molecular flexibility index (Phi) is 5.53. The smallest absolute Gasteiger partial charge is 0.239 e. The van der Waals surface area contributed by atoms with E-state index < -0.39 is 21.3 Å². The van der Waals surface area contributed by atoms with Crippen LogP contribution in [0, 0.1) is 23.7 Å². The molecule has 154 valence electrons. The lowest BCUT2D eigenvalue weighted by Crippen LogP contribution is -2.47. The molecule has 0 aliphatic heterocycles. The fourth-order valence-corrected chi connectivity index (χ4v) is 7.10. The van der Waals surface area contributed by atoms with Crippen molar-refractivity contribution in [1.82, 2.24) is 4.31 Å². The van der Waals surface area contributed by atoms with Gasteiger partial charge in [0.2, 0.25) is 15.9 Å². The third-order valence-electron chi connectivity index (χ3n) is 6.87. The number of benzene rings is 1. The molecule has 6 nitrogen and oxygen atoms in total. The summed E-state index contributed by atoms with van der Waals surface area (Å²) in [6, 6.07) is 5.45. The van der Waals surface area contributed by atoms with E-state index in [0.717, 1.165) is 20.8 Å². The Morgan fingerprint density at radius 3 is 2.57 bits per heavy atom. The molecule has 1 N–H and O–H groups in total.